The second-order valence-corrected chi connectivity index (χ2v) is 5.83. The van der Waals surface area contributed by atoms with Crippen molar-refractivity contribution in [1.82, 2.24) is 4.90 Å². The minimum absolute atomic E-state index is 0.127. The topological polar surface area (TPSA) is 89.7 Å². The second-order valence-electron chi connectivity index (χ2n) is 4.30. The lowest BCUT2D eigenvalue weighted by molar-refractivity contribution is 0.0764. The number of primary sulfonamides is 1. The van der Waals surface area contributed by atoms with E-state index in [1.54, 1.807) is 4.90 Å². The molecular formula is C13H20N2O4S. The van der Waals surface area contributed by atoms with Crippen molar-refractivity contribution in [2.24, 2.45) is 5.14 Å². The lowest BCUT2D eigenvalue weighted by Crippen LogP contribution is -2.31. The Hall–Kier alpha value is -1.60. The van der Waals surface area contributed by atoms with Gasteiger partial charge in [0.2, 0.25) is 10.0 Å². The fraction of sp³-hybridized carbons (Fsp3) is 0.462. The van der Waals surface area contributed by atoms with Gasteiger partial charge >= 0.3 is 0 Å². The van der Waals surface area contributed by atoms with E-state index in [1.807, 2.05) is 13.8 Å². The number of carbonyl (C=O) groups is 1. The zero-order chi connectivity index (χ0) is 15.3. The fourth-order valence-electron chi connectivity index (χ4n) is 1.89. The maximum Gasteiger partial charge on any atom is 0.253 e. The van der Waals surface area contributed by atoms with Gasteiger partial charge in [-0.2, -0.15) is 0 Å². The van der Waals surface area contributed by atoms with Crippen LogP contribution < -0.4 is 9.88 Å². The van der Waals surface area contributed by atoms with Crippen LogP contribution in [0.5, 0.6) is 5.75 Å². The van der Waals surface area contributed by atoms with E-state index in [1.165, 1.54) is 25.3 Å². The number of nitrogens with zero attached hydrogens (tertiary/aromatic N) is 1. The van der Waals surface area contributed by atoms with Gasteiger partial charge in [0.15, 0.2) is 0 Å². The molecule has 0 aliphatic heterocycles. The minimum atomic E-state index is -3.94. The van der Waals surface area contributed by atoms with Gasteiger partial charge in [-0.25, -0.2) is 13.6 Å². The van der Waals surface area contributed by atoms with E-state index in [0.717, 1.165) is 6.42 Å². The smallest absolute Gasteiger partial charge is 0.253 e. The van der Waals surface area contributed by atoms with Crippen molar-refractivity contribution in [2.75, 3.05) is 20.2 Å². The largest absolute Gasteiger partial charge is 0.495 e. The molecule has 0 bridgehead atoms. The predicted octanol–water partition coefficient (Wildman–Crippen LogP) is 1.21. The van der Waals surface area contributed by atoms with Crippen LogP contribution in [0.4, 0.5) is 0 Å². The zero-order valence-electron chi connectivity index (χ0n) is 11.9. The number of rotatable bonds is 6. The minimum Gasteiger partial charge on any atom is -0.495 e. The molecule has 0 saturated heterocycles. The number of nitrogens with two attached hydrogens (primary N) is 1. The molecular weight excluding hydrogens is 280 g/mol. The van der Waals surface area contributed by atoms with Crippen molar-refractivity contribution >= 4 is 15.9 Å². The van der Waals surface area contributed by atoms with Crippen LogP contribution in [-0.4, -0.2) is 39.4 Å². The Kier molecular flexibility index (Phi) is 5.52. The van der Waals surface area contributed by atoms with Crippen LogP contribution in [0, 0.1) is 0 Å². The number of benzene rings is 1. The Bertz CT molecular complexity index is 584. The third-order valence-electron chi connectivity index (χ3n) is 2.88. The lowest BCUT2D eigenvalue weighted by atomic mass is 10.2. The van der Waals surface area contributed by atoms with Crippen LogP contribution in [0.25, 0.3) is 0 Å². The summed E-state index contributed by atoms with van der Waals surface area (Å²) in [4.78, 5) is 13.8. The molecule has 2 N–H and O–H groups in total. The Balaban J connectivity index is 3.24. The van der Waals surface area contributed by atoms with Crippen LogP contribution >= 0.6 is 0 Å². The summed E-state index contributed by atoms with van der Waals surface area (Å²) in [6.07, 6.45) is 0.831. The molecule has 0 heterocycles. The van der Waals surface area contributed by atoms with Gasteiger partial charge < -0.3 is 9.64 Å². The maximum atomic E-state index is 12.3. The van der Waals surface area contributed by atoms with Crippen LogP contribution in [0.15, 0.2) is 23.1 Å². The number of hydrogen-bond acceptors (Lipinski definition) is 4. The van der Waals surface area contributed by atoms with Crippen molar-refractivity contribution in [1.29, 1.82) is 0 Å². The molecule has 0 aliphatic rings. The average Bonchev–Trinajstić information content (AvgIpc) is 2.42. The van der Waals surface area contributed by atoms with E-state index >= 15 is 0 Å². The third-order valence-corrected chi connectivity index (χ3v) is 3.81. The molecule has 1 aromatic rings. The molecule has 0 aliphatic carbocycles. The third kappa shape index (κ3) is 3.71. The number of sulfonamides is 1. The Labute approximate surface area is 119 Å². The summed E-state index contributed by atoms with van der Waals surface area (Å²) in [5.74, 6) is -0.0931. The van der Waals surface area contributed by atoms with Gasteiger partial charge in [-0.3, -0.25) is 4.79 Å². The van der Waals surface area contributed by atoms with Crippen molar-refractivity contribution in [2.45, 2.75) is 25.2 Å². The molecule has 1 aromatic carbocycles. The van der Waals surface area contributed by atoms with Gasteiger partial charge in [0.1, 0.15) is 10.6 Å². The monoisotopic (exact) mass is 300 g/mol. The van der Waals surface area contributed by atoms with Gasteiger partial charge in [-0.1, -0.05) is 6.92 Å². The summed E-state index contributed by atoms with van der Waals surface area (Å²) in [7, 11) is -2.59. The number of carbonyl (C=O) groups excluding carboxylic acids is 1. The first-order chi connectivity index (χ1) is 9.35. The molecule has 0 fully saturated rings. The number of hydrogen-bond donors (Lipinski definition) is 1. The molecule has 0 unspecified atom stereocenters. The van der Waals surface area contributed by atoms with E-state index < -0.39 is 10.0 Å². The molecule has 7 heteroatoms. The summed E-state index contributed by atoms with van der Waals surface area (Å²) in [5, 5.41) is 5.14. The van der Waals surface area contributed by atoms with Crippen LogP contribution in [0.2, 0.25) is 0 Å². The number of methoxy groups -OCH3 is 1. The van der Waals surface area contributed by atoms with Gasteiger partial charge in [0.05, 0.1) is 7.11 Å². The fourth-order valence-corrected chi connectivity index (χ4v) is 2.61. The molecule has 6 nitrogen and oxygen atoms in total. The lowest BCUT2D eigenvalue weighted by Gasteiger charge is -2.20. The quantitative estimate of drug-likeness (QED) is 0.855. The first-order valence-corrected chi connectivity index (χ1v) is 7.89. The highest BCUT2D eigenvalue weighted by Crippen LogP contribution is 2.24. The number of ether oxygens (including phenoxy) is 1. The van der Waals surface area contributed by atoms with Crippen LogP contribution in [-0.2, 0) is 10.0 Å². The Morgan fingerprint density at radius 2 is 2.00 bits per heavy atom. The first-order valence-electron chi connectivity index (χ1n) is 6.35. The summed E-state index contributed by atoms with van der Waals surface area (Å²) in [6, 6.07) is 4.23. The van der Waals surface area contributed by atoms with Crippen molar-refractivity contribution < 1.29 is 17.9 Å². The Morgan fingerprint density at radius 3 is 2.45 bits per heavy atom. The average molecular weight is 300 g/mol. The predicted molar refractivity (Wildman–Crippen MR) is 76.2 cm³/mol. The summed E-state index contributed by atoms with van der Waals surface area (Å²) >= 11 is 0. The molecule has 20 heavy (non-hydrogen) atoms. The van der Waals surface area contributed by atoms with Crippen LogP contribution in [0.3, 0.4) is 0 Å². The van der Waals surface area contributed by atoms with Gasteiger partial charge in [-0.15, -0.1) is 0 Å². The highest BCUT2D eigenvalue weighted by Gasteiger charge is 2.20. The van der Waals surface area contributed by atoms with E-state index in [4.69, 9.17) is 9.88 Å². The zero-order valence-corrected chi connectivity index (χ0v) is 12.7. The number of amides is 1. The summed E-state index contributed by atoms with van der Waals surface area (Å²) in [5.41, 5.74) is 0.283. The van der Waals surface area contributed by atoms with Crippen molar-refractivity contribution in [3.63, 3.8) is 0 Å². The molecule has 1 amide bonds. The molecule has 0 saturated carbocycles. The highest BCUT2D eigenvalue weighted by atomic mass is 32.2. The summed E-state index contributed by atoms with van der Waals surface area (Å²) in [6.45, 7) is 5.02. The van der Waals surface area contributed by atoms with Gasteiger partial charge in [0, 0.05) is 18.7 Å². The summed E-state index contributed by atoms with van der Waals surface area (Å²) < 4.78 is 28.0. The Morgan fingerprint density at radius 1 is 1.35 bits per heavy atom. The van der Waals surface area contributed by atoms with E-state index in [9.17, 15) is 13.2 Å². The first kappa shape index (κ1) is 16.5. The van der Waals surface area contributed by atoms with Crippen molar-refractivity contribution in [3.8, 4) is 5.75 Å². The standard InChI is InChI=1S/C13H20N2O4S/c1-4-8-15(5-2)13(16)10-6-7-11(19-3)12(9-10)20(14,17)18/h6-7,9H,4-5,8H2,1-3H3,(H2,14,17,18). The molecule has 0 aromatic heterocycles. The van der Waals surface area contributed by atoms with Crippen molar-refractivity contribution in [3.05, 3.63) is 23.8 Å². The molecule has 0 radical (unpaired) electrons. The van der Waals surface area contributed by atoms with Crippen LogP contribution in [0.1, 0.15) is 30.6 Å². The maximum absolute atomic E-state index is 12.3. The molecule has 0 spiro atoms. The normalized spacial score (nSPS) is 11.2. The SMILES string of the molecule is CCCN(CC)C(=O)c1ccc(OC)c(S(N)(=O)=O)c1. The molecule has 1 rings (SSSR count). The molecule has 112 valence electrons. The highest BCUT2D eigenvalue weighted by molar-refractivity contribution is 7.89. The van der Waals surface area contributed by atoms with E-state index in [0.29, 0.717) is 13.1 Å². The van der Waals surface area contributed by atoms with E-state index in [-0.39, 0.29) is 22.1 Å². The van der Waals surface area contributed by atoms with Gasteiger partial charge in [-0.05, 0) is 31.5 Å². The van der Waals surface area contributed by atoms with Gasteiger partial charge in [0.25, 0.3) is 5.91 Å². The second kappa shape index (κ2) is 6.71. The molecule has 0 atom stereocenters. The van der Waals surface area contributed by atoms with E-state index in [2.05, 4.69) is 0 Å².